The summed E-state index contributed by atoms with van der Waals surface area (Å²) in [5.74, 6) is 0.0461. The van der Waals surface area contributed by atoms with Crippen molar-refractivity contribution in [2.75, 3.05) is 32.8 Å². The minimum atomic E-state index is -0.219. The number of amides is 2. The fourth-order valence-electron chi connectivity index (χ4n) is 3.03. The van der Waals surface area contributed by atoms with Crippen LogP contribution in [0.1, 0.15) is 17.5 Å². The van der Waals surface area contributed by atoms with Gasteiger partial charge in [-0.2, -0.15) is 0 Å². The van der Waals surface area contributed by atoms with E-state index in [1.54, 1.807) is 4.90 Å². The SMILES string of the molecule is Cl.O=C(NCCC(=O)N1CCOCC1)C1Cc2ccccc2CN1. The summed E-state index contributed by atoms with van der Waals surface area (Å²) in [7, 11) is 0. The number of halogens is 1. The van der Waals surface area contributed by atoms with E-state index in [0.29, 0.717) is 52.2 Å². The zero-order chi connectivity index (χ0) is 16.1. The van der Waals surface area contributed by atoms with Gasteiger partial charge in [0.25, 0.3) is 0 Å². The molecule has 2 aliphatic heterocycles. The van der Waals surface area contributed by atoms with Crippen LogP contribution >= 0.6 is 12.4 Å². The standard InChI is InChI=1S/C17H23N3O3.ClH/c21-16(20-7-9-23-10-8-20)5-6-18-17(22)15-11-13-3-1-2-4-14(13)12-19-15;/h1-4,15,19H,5-12H2,(H,18,22);1H. The van der Waals surface area contributed by atoms with Gasteiger partial charge in [0, 0.05) is 32.6 Å². The van der Waals surface area contributed by atoms with Crippen LogP contribution in [0.3, 0.4) is 0 Å². The molecular weight excluding hydrogens is 330 g/mol. The van der Waals surface area contributed by atoms with Gasteiger partial charge in [0.05, 0.1) is 19.3 Å². The van der Waals surface area contributed by atoms with Crippen molar-refractivity contribution in [1.29, 1.82) is 0 Å². The van der Waals surface area contributed by atoms with Crippen molar-refractivity contribution in [3.05, 3.63) is 35.4 Å². The Labute approximate surface area is 148 Å². The average molecular weight is 354 g/mol. The fraction of sp³-hybridized carbons (Fsp3) is 0.529. The van der Waals surface area contributed by atoms with E-state index in [4.69, 9.17) is 4.74 Å². The monoisotopic (exact) mass is 353 g/mol. The van der Waals surface area contributed by atoms with E-state index in [-0.39, 0.29) is 30.3 Å². The van der Waals surface area contributed by atoms with Crippen molar-refractivity contribution in [3.8, 4) is 0 Å². The molecule has 1 unspecified atom stereocenters. The molecule has 0 aromatic heterocycles. The Kier molecular flexibility index (Phi) is 7.02. The van der Waals surface area contributed by atoms with Crippen LogP contribution in [0.15, 0.2) is 24.3 Å². The number of rotatable bonds is 4. The zero-order valence-corrected chi connectivity index (χ0v) is 14.4. The number of carbonyl (C=O) groups is 2. The summed E-state index contributed by atoms with van der Waals surface area (Å²) in [6.45, 7) is 3.59. The van der Waals surface area contributed by atoms with E-state index in [9.17, 15) is 9.59 Å². The van der Waals surface area contributed by atoms with Crippen LogP contribution in [0.5, 0.6) is 0 Å². The van der Waals surface area contributed by atoms with E-state index in [2.05, 4.69) is 22.8 Å². The number of fused-ring (bicyclic) bond motifs is 1. The molecule has 0 saturated carbocycles. The van der Waals surface area contributed by atoms with Gasteiger partial charge in [0.1, 0.15) is 0 Å². The van der Waals surface area contributed by atoms with Gasteiger partial charge in [-0.25, -0.2) is 0 Å². The lowest BCUT2D eigenvalue weighted by Gasteiger charge is -2.27. The molecule has 1 aromatic carbocycles. The molecule has 7 heteroatoms. The molecule has 6 nitrogen and oxygen atoms in total. The number of hydrogen-bond acceptors (Lipinski definition) is 4. The summed E-state index contributed by atoms with van der Waals surface area (Å²) in [5, 5.41) is 6.13. The number of nitrogens with one attached hydrogen (secondary N) is 2. The topological polar surface area (TPSA) is 70.7 Å². The smallest absolute Gasteiger partial charge is 0.237 e. The highest BCUT2D eigenvalue weighted by Crippen LogP contribution is 2.16. The number of morpholine rings is 1. The molecule has 1 fully saturated rings. The van der Waals surface area contributed by atoms with Gasteiger partial charge in [-0.1, -0.05) is 24.3 Å². The van der Waals surface area contributed by atoms with Crippen LogP contribution < -0.4 is 10.6 Å². The summed E-state index contributed by atoms with van der Waals surface area (Å²) in [6, 6.07) is 7.94. The van der Waals surface area contributed by atoms with Crippen LogP contribution in [0.25, 0.3) is 0 Å². The highest BCUT2D eigenvalue weighted by atomic mass is 35.5. The van der Waals surface area contributed by atoms with Crippen molar-refractivity contribution in [3.63, 3.8) is 0 Å². The minimum Gasteiger partial charge on any atom is -0.378 e. The largest absolute Gasteiger partial charge is 0.378 e. The van der Waals surface area contributed by atoms with Gasteiger partial charge in [-0.3, -0.25) is 9.59 Å². The van der Waals surface area contributed by atoms with Crippen molar-refractivity contribution < 1.29 is 14.3 Å². The molecule has 2 N–H and O–H groups in total. The van der Waals surface area contributed by atoms with Crippen LogP contribution in [-0.2, 0) is 27.3 Å². The summed E-state index contributed by atoms with van der Waals surface area (Å²) >= 11 is 0. The van der Waals surface area contributed by atoms with Crippen LogP contribution in [0.2, 0.25) is 0 Å². The van der Waals surface area contributed by atoms with Crippen LogP contribution in [-0.4, -0.2) is 55.6 Å². The first kappa shape index (κ1) is 18.7. The van der Waals surface area contributed by atoms with E-state index < -0.39 is 0 Å². The molecule has 24 heavy (non-hydrogen) atoms. The Morgan fingerprint density at radius 3 is 2.67 bits per heavy atom. The third-order valence-corrected chi connectivity index (χ3v) is 4.40. The Morgan fingerprint density at radius 2 is 1.92 bits per heavy atom. The van der Waals surface area contributed by atoms with E-state index in [0.717, 1.165) is 0 Å². The fourth-order valence-corrected chi connectivity index (χ4v) is 3.03. The second-order valence-electron chi connectivity index (χ2n) is 5.94. The molecule has 0 radical (unpaired) electrons. The molecule has 2 amide bonds. The lowest BCUT2D eigenvalue weighted by Crippen LogP contribution is -2.48. The van der Waals surface area contributed by atoms with E-state index in [1.165, 1.54) is 11.1 Å². The summed E-state index contributed by atoms with van der Waals surface area (Å²) in [4.78, 5) is 26.1. The van der Waals surface area contributed by atoms with Crippen LogP contribution in [0, 0.1) is 0 Å². The van der Waals surface area contributed by atoms with Crippen molar-refractivity contribution in [2.24, 2.45) is 0 Å². The Hall–Kier alpha value is -1.63. The number of nitrogens with zero attached hydrogens (tertiary/aromatic N) is 1. The van der Waals surface area contributed by atoms with E-state index >= 15 is 0 Å². The Bertz CT molecular complexity index is 576. The maximum Gasteiger partial charge on any atom is 0.237 e. The number of ether oxygens (including phenoxy) is 1. The molecule has 0 aliphatic carbocycles. The van der Waals surface area contributed by atoms with Gasteiger partial charge >= 0.3 is 0 Å². The Balaban J connectivity index is 0.00000208. The van der Waals surface area contributed by atoms with Gasteiger partial charge in [-0.15, -0.1) is 12.4 Å². The highest BCUT2D eigenvalue weighted by molar-refractivity contribution is 5.85. The molecule has 3 rings (SSSR count). The Morgan fingerprint density at radius 1 is 1.21 bits per heavy atom. The molecule has 2 heterocycles. The van der Waals surface area contributed by atoms with Crippen molar-refractivity contribution in [1.82, 2.24) is 15.5 Å². The highest BCUT2D eigenvalue weighted by Gasteiger charge is 2.24. The minimum absolute atomic E-state index is 0. The van der Waals surface area contributed by atoms with Gasteiger partial charge < -0.3 is 20.3 Å². The maximum atomic E-state index is 12.2. The molecule has 1 atom stereocenters. The summed E-state index contributed by atoms with van der Waals surface area (Å²) in [5.41, 5.74) is 2.47. The predicted octanol–water partition coefficient (Wildman–Crippen LogP) is 0.488. The first-order valence-electron chi connectivity index (χ1n) is 8.17. The molecular formula is C17H24ClN3O3. The summed E-state index contributed by atoms with van der Waals surface area (Å²) < 4.78 is 5.23. The van der Waals surface area contributed by atoms with Gasteiger partial charge in [0.2, 0.25) is 11.8 Å². The number of hydrogen-bond donors (Lipinski definition) is 2. The second kappa shape index (κ2) is 9.01. The van der Waals surface area contributed by atoms with Crippen molar-refractivity contribution >= 4 is 24.2 Å². The van der Waals surface area contributed by atoms with Gasteiger partial charge in [0.15, 0.2) is 0 Å². The molecule has 1 saturated heterocycles. The predicted molar refractivity (Wildman–Crippen MR) is 93.0 cm³/mol. The third kappa shape index (κ3) is 4.69. The third-order valence-electron chi connectivity index (χ3n) is 4.40. The lowest BCUT2D eigenvalue weighted by atomic mass is 9.95. The molecule has 132 valence electrons. The van der Waals surface area contributed by atoms with Crippen molar-refractivity contribution in [2.45, 2.75) is 25.4 Å². The average Bonchev–Trinajstić information content (AvgIpc) is 2.61. The lowest BCUT2D eigenvalue weighted by molar-refractivity contribution is -0.135. The molecule has 0 spiro atoms. The summed E-state index contributed by atoms with van der Waals surface area (Å²) in [6.07, 6.45) is 1.04. The first-order chi connectivity index (χ1) is 11.2. The quantitative estimate of drug-likeness (QED) is 0.826. The molecule has 0 bridgehead atoms. The molecule has 2 aliphatic rings. The maximum absolute atomic E-state index is 12.2. The second-order valence-corrected chi connectivity index (χ2v) is 5.94. The number of benzene rings is 1. The first-order valence-corrected chi connectivity index (χ1v) is 8.17. The normalized spacial score (nSPS) is 19.8. The van der Waals surface area contributed by atoms with E-state index in [1.807, 2.05) is 12.1 Å². The number of carbonyl (C=O) groups excluding carboxylic acids is 2. The van der Waals surface area contributed by atoms with Crippen LogP contribution in [0.4, 0.5) is 0 Å². The van der Waals surface area contributed by atoms with Gasteiger partial charge in [-0.05, 0) is 17.5 Å². The zero-order valence-electron chi connectivity index (χ0n) is 13.6. The molecule has 1 aromatic rings.